The van der Waals surface area contributed by atoms with Gasteiger partial charge in [-0.1, -0.05) is 27.2 Å². The summed E-state index contributed by atoms with van der Waals surface area (Å²) in [5.41, 5.74) is 6.46. The molecule has 0 aliphatic carbocycles. The highest BCUT2D eigenvalue weighted by Crippen LogP contribution is 2.21. The summed E-state index contributed by atoms with van der Waals surface area (Å²) < 4.78 is 0. The molecule has 1 saturated heterocycles. The van der Waals surface area contributed by atoms with Gasteiger partial charge < -0.3 is 15.4 Å². The molecule has 1 fully saturated rings. The van der Waals surface area contributed by atoms with E-state index in [4.69, 9.17) is 5.73 Å². The first-order chi connectivity index (χ1) is 8.66. The number of nitrogens with two attached hydrogens (primary N) is 1. The molecule has 2 N–H and O–H groups in total. The summed E-state index contributed by atoms with van der Waals surface area (Å²) in [6.07, 6.45) is 7.48. The molecule has 0 radical (unpaired) electrons. The Hall–Kier alpha value is -0.410. The molecule has 19 heavy (non-hydrogen) atoms. The van der Waals surface area contributed by atoms with E-state index in [1.807, 2.05) is 0 Å². The van der Waals surface area contributed by atoms with Crippen molar-refractivity contribution >= 4 is 6.29 Å². The highest BCUT2D eigenvalue weighted by atomic mass is 16.1. The molecular weight excluding hydrogens is 236 g/mol. The molecule has 1 aliphatic rings. The Balaban J connectivity index is 0.000000342. The Morgan fingerprint density at radius 1 is 1.21 bits per heavy atom. The lowest BCUT2D eigenvalue weighted by Crippen LogP contribution is -2.46. The molecule has 0 aromatic heterocycles. The Bertz CT molecular complexity index is 234. The summed E-state index contributed by atoms with van der Waals surface area (Å²) in [6, 6.07) is 0. The average molecular weight is 270 g/mol. The van der Waals surface area contributed by atoms with E-state index in [2.05, 4.69) is 39.6 Å². The van der Waals surface area contributed by atoms with Crippen molar-refractivity contribution in [2.24, 2.45) is 11.1 Å². The zero-order valence-electron chi connectivity index (χ0n) is 13.7. The molecule has 0 aromatic rings. The Labute approximate surface area is 119 Å². The van der Waals surface area contributed by atoms with Crippen LogP contribution in [0.1, 0.15) is 66.2 Å². The lowest BCUT2D eigenvalue weighted by molar-refractivity contribution is -0.107. The molecule has 0 spiro atoms. The second kappa shape index (κ2) is 8.70. The standard InChI is InChI=1S/C9H18O.C7H16N2/c1-9(2,3)7-5-4-6-8-10;1-7(8)3-5-9(2)6-4-7/h8H,4-7H2,1-3H3;3-6,8H2,1-2H3. The van der Waals surface area contributed by atoms with Crippen molar-refractivity contribution in [3.05, 3.63) is 0 Å². The van der Waals surface area contributed by atoms with Gasteiger partial charge in [0, 0.05) is 12.0 Å². The van der Waals surface area contributed by atoms with Crippen molar-refractivity contribution in [1.82, 2.24) is 4.90 Å². The van der Waals surface area contributed by atoms with Gasteiger partial charge in [0.2, 0.25) is 0 Å². The van der Waals surface area contributed by atoms with Crippen molar-refractivity contribution in [1.29, 1.82) is 0 Å². The van der Waals surface area contributed by atoms with Crippen molar-refractivity contribution in [3.63, 3.8) is 0 Å². The van der Waals surface area contributed by atoms with Gasteiger partial charge in [0.25, 0.3) is 0 Å². The molecule has 1 rings (SSSR count). The normalized spacial score (nSPS) is 19.5. The fourth-order valence-electron chi connectivity index (χ4n) is 2.01. The molecule has 0 atom stereocenters. The molecule has 3 heteroatoms. The maximum Gasteiger partial charge on any atom is 0.119 e. The average Bonchev–Trinajstić information content (AvgIpc) is 2.28. The molecule has 0 unspecified atom stereocenters. The van der Waals surface area contributed by atoms with E-state index in [1.54, 1.807) is 0 Å². The Kier molecular flexibility index (Phi) is 8.51. The molecule has 0 saturated carbocycles. The quantitative estimate of drug-likeness (QED) is 0.630. The number of aldehydes is 1. The summed E-state index contributed by atoms with van der Waals surface area (Å²) in [5.74, 6) is 0. The number of hydrogen-bond donors (Lipinski definition) is 1. The van der Waals surface area contributed by atoms with Gasteiger partial charge in [0.1, 0.15) is 6.29 Å². The first-order valence-electron chi connectivity index (χ1n) is 7.57. The second-order valence-electron chi connectivity index (χ2n) is 7.43. The van der Waals surface area contributed by atoms with Crippen LogP contribution in [0.4, 0.5) is 0 Å². The van der Waals surface area contributed by atoms with Crippen LogP contribution < -0.4 is 5.73 Å². The number of nitrogens with zero attached hydrogens (tertiary/aromatic N) is 1. The number of carbonyl (C=O) groups excluding carboxylic acids is 1. The second-order valence-corrected chi connectivity index (χ2v) is 7.43. The summed E-state index contributed by atoms with van der Waals surface area (Å²) in [7, 11) is 2.15. The number of unbranched alkanes of at least 4 members (excludes halogenated alkanes) is 2. The van der Waals surface area contributed by atoms with Gasteiger partial charge in [0.15, 0.2) is 0 Å². The third kappa shape index (κ3) is 12.4. The van der Waals surface area contributed by atoms with Crippen LogP contribution in [0.2, 0.25) is 0 Å². The van der Waals surface area contributed by atoms with Crippen LogP contribution in [-0.4, -0.2) is 36.9 Å². The van der Waals surface area contributed by atoms with Gasteiger partial charge in [-0.05, 0) is 58.2 Å². The fourth-order valence-corrected chi connectivity index (χ4v) is 2.01. The minimum absolute atomic E-state index is 0.118. The van der Waals surface area contributed by atoms with Crippen LogP contribution >= 0.6 is 0 Å². The monoisotopic (exact) mass is 270 g/mol. The van der Waals surface area contributed by atoms with Crippen molar-refractivity contribution in [3.8, 4) is 0 Å². The van der Waals surface area contributed by atoms with Crippen LogP contribution in [0.25, 0.3) is 0 Å². The zero-order valence-corrected chi connectivity index (χ0v) is 13.7. The number of piperidine rings is 1. The minimum atomic E-state index is 0.118. The molecule has 1 heterocycles. The van der Waals surface area contributed by atoms with Crippen LogP contribution in [-0.2, 0) is 4.79 Å². The van der Waals surface area contributed by atoms with E-state index in [0.29, 0.717) is 5.41 Å². The lowest BCUT2D eigenvalue weighted by atomic mass is 9.90. The number of hydrogen-bond acceptors (Lipinski definition) is 3. The van der Waals surface area contributed by atoms with Gasteiger partial charge in [0.05, 0.1) is 0 Å². The van der Waals surface area contributed by atoms with Gasteiger partial charge in [-0.25, -0.2) is 0 Å². The predicted octanol–water partition coefficient (Wildman–Crippen LogP) is 3.22. The smallest absolute Gasteiger partial charge is 0.119 e. The lowest BCUT2D eigenvalue weighted by Gasteiger charge is -2.34. The maximum absolute atomic E-state index is 9.93. The Morgan fingerprint density at radius 3 is 2.11 bits per heavy atom. The third-order valence-electron chi connectivity index (χ3n) is 3.63. The van der Waals surface area contributed by atoms with Gasteiger partial charge in [-0.15, -0.1) is 0 Å². The number of likely N-dealkylation sites (tertiary alicyclic amines) is 1. The number of rotatable bonds is 4. The van der Waals surface area contributed by atoms with Crippen molar-refractivity contribution in [2.45, 2.75) is 71.8 Å². The summed E-state index contributed by atoms with van der Waals surface area (Å²) in [4.78, 5) is 12.3. The zero-order chi connectivity index (χ0) is 14.9. The van der Waals surface area contributed by atoms with Crippen molar-refractivity contribution in [2.75, 3.05) is 20.1 Å². The molecule has 1 aliphatic heterocycles. The van der Waals surface area contributed by atoms with E-state index in [0.717, 1.165) is 45.1 Å². The van der Waals surface area contributed by atoms with E-state index in [9.17, 15) is 4.79 Å². The van der Waals surface area contributed by atoms with Crippen LogP contribution in [0.5, 0.6) is 0 Å². The summed E-state index contributed by atoms with van der Waals surface area (Å²) in [6.45, 7) is 11.1. The SMILES string of the molecule is CC(C)(C)CCCCC=O.CN1CCC(C)(N)CC1. The highest BCUT2D eigenvalue weighted by molar-refractivity contribution is 5.48. The molecule has 3 nitrogen and oxygen atoms in total. The highest BCUT2D eigenvalue weighted by Gasteiger charge is 2.23. The first-order valence-corrected chi connectivity index (χ1v) is 7.57. The van der Waals surface area contributed by atoms with E-state index in [-0.39, 0.29) is 5.54 Å². The Morgan fingerprint density at radius 2 is 1.74 bits per heavy atom. The summed E-state index contributed by atoms with van der Waals surface area (Å²) >= 11 is 0. The molecule has 0 amide bonds. The van der Waals surface area contributed by atoms with Gasteiger partial charge in [-0.3, -0.25) is 0 Å². The maximum atomic E-state index is 9.93. The minimum Gasteiger partial charge on any atom is -0.325 e. The molecule has 114 valence electrons. The third-order valence-corrected chi connectivity index (χ3v) is 3.63. The van der Waals surface area contributed by atoms with Crippen LogP contribution in [0.3, 0.4) is 0 Å². The van der Waals surface area contributed by atoms with E-state index >= 15 is 0 Å². The van der Waals surface area contributed by atoms with Crippen LogP contribution in [0.15, 0.2) is 0 Å². The predicted molar refractivity (Wildman–Crippen MR) is 83.3 cm³/mol. The fraction of sp³-hybridized carbons (Fsp3) is 0.938. The van der Waals surface area contributed by atoms with E-state index < -0.39 is 0 Å². The number of carbonyl (C=O) groups is 1. The van der Waals surface area contributed by atoms with Crippen molar-refractivity contribution < 1.29 is 4.79 Å². The van der Waals surface area contributed by atoms with Gasteiger partial charge in [-0.2, -0.15) is 0 Å². The topological polar surface area (TPSA) is 46.3 Å². The van der Waals surface area contributed by atoms with Crippen LogP contribution in [0, 0.1) is 5.41 Å². The molecule has 0 bridgehead atoms. The molecule has 0 aromatic carbocycles. The first kappa shape index (κ1) is 18.6. The largest absolute Gasteiger partial charge is 0.325 e. The summed E-state index contributed by atoms with van der Waals surface area (Å²) in [5, 5.41) is 0. The van der Waals surface area contributed by atoms with E-state index in [1.165, 1.54) is 12.8 Å². The van der Waals surface area contributed by atoms with Gasteiger partial charge >= 0.3 is 0 Å². The molecular formula is C16H34N2O.